The Labute approximate surface area is 122 Å². The molecule has 0 spiro atoms. The summed E-state index contributed by atoms with van der Waals surface area (Å²) in [5.41, 5.74) is 0.735. The number of carboxylic acids is 1. The van der Waals surface area contributed by atoms with Crippen LogP contribution in [0.5, 0.6) is 0 Å². The van der Waals surface area contributed by atoms with E-state index in [1.807, 2.05) is 19.1 Å². The van der Waals surface area contributed by atoms with Crippen LogP contribution in [0.1, 0.15) is 19.0 Å². The molecule has 7 nitrogen and oxygen atoms in total. The molecule has 2 atom stereocenters. The molecule has 1 fully saturated rings. The number of carbonyl (C=O) groups is 2. The van der Waals surface area contributed by atoms with Crippen LogP contribution >= 0.6 is 0 Å². The summed E-state index contributed by atoms with van der Waals surface area (Å²) in [6, 6.07) is 4.08. The van der Waals surface area contributed by atoms with Crippen molar-refractivity contribution in [3.63, 3.8) is 0 Å². The fourth-order valence-electron chi connectivity index (χ4n) is 2.44. The molecule has 1 aliphatic heterocycles. The molecule has 7 heteroatoms. The molecule has 0 aliphatic carbocycles. The second kappa shape index (κ2) is 6.53. The predicted octanol–water partition coefficient (Wildman–Crippen LogP) is 0.543. The maximum atomic E-state index is 12.5. The number of carboxylic acid groups (broad SMARTS) is 1. The van der Waals surface area contributed by atoms with Gasteiger partial charge in [0.2, 0.25) is 0 Å². The van der Waals surface area contributed by atoms with E-state index in [-0.39, 0.29) is 19.0 Å². The maximum Gasteiger partial charge on any atom is 0.326 e. The lowest BCUT2D eigenvalue weighted by atomic mass is 10.2. The van der Waals surface area contributed by atoms with Gasteiger partial charge in [0.25, 0.3) is 0 Å². The molecule has 1 aromatic rings. The van der Waals surface area contributed by atoms with Crippen LogP contribution in [-0.2, 0) is 11.3 Å². The molecule has 1 aromatic heterocycles. The highest BCUT2D eigenvalue weighted by Crippen LogP contribution is 2.20. The Balaban J connectivity index is 2.10. The van der Waals surface area contributed by atoms with E-state index in [1.54, 1.807) is 12.3 Å². The first-order chi connectivity index (χ1) is 10.0. The minimum atomic E-state index is -1.09. The minimum Gasteiger partial charge on any atom is -0.480 e. The van der Waals surface area contributed by atoms with Gasteiger partial charge < -0.3 is 20.0 Å². The highest BCUT2D eigenvalue weighted by atomic mass is 16.4. The fraction of sp³-hybridized carbons (Fsp3) is 0.500. The van der Waals surface area contributed by atoms with Gasteiger partial charge in [0.05, 0.1) is 18.3 Å². The highest BCUT2D eigenvalue weighted by Gasteiger charge is 2.40. The summed E-state index contributed by atoms with van der Waals surface area (Å²) in [5.74, 6) is -1.09. The van der Waals surface area contributed by atoms with E-state index < -0.39 is 18.1 Å². The van der Waals surface area contributed by atoms with Gasteiger partial charge >= 0.3 is 12.0 Å². The number of likely N-dealkylation sites (tertiary alicyclic amines) is 1. The number of amides is 2. The molecule has 0 saturated carbocycles. The Kier molecular flexibility index (Phi) is 4.74. The van der Waals surface area contributed by atoms with Crippen LogP contribution in [0.2, 0.25) is 0 Å². The van der Waals surface area contributed by atoms with E-state index in [4.69, 9.17) is 5.11 Å². The minimum absolute atomic E-state index is 0.0501. The topological polar surface area (TPSA) is 94.0 Å². The number of aliphatic hydroxyl groups is 1. The predicted molar refractivity (Wildman–Crippen MR) is 74.5 cm³/mol. The third-order valence-corrected chi connectivity index (χ3v) is 3.54. The summed E-state index contributed by atoms with van der Waals surface area (Å²) < 4.78 is 0. The Morgan fingerprint density at radius 3 is 2.81 bits per heavy atom. The molecule has 21 heavy (non-hydrogen) atoms. The third-order valence-electron chi connectivity index (χ3n) is 3.54. The Morgan fingerprint density at radius 1 is 1.48 bits per heavy atom. The van der Waals surface area contributed by atoms with E-state index in [2.05, 4.69) is 4.98 Å². The summed E-state index contributed by atoms with van der Waals surface area (Å²) in [5, 5.41) is 18.8. The van der Waals surface area contributed by atoms with E-state index in [0.717, 1.165) is 5.69 Å². The lowest BCUT2D eigenvalue weighted by Gasteiger charge is -2.29. The zero-order valence-corrected chi connectivity index (χ0v) is 11.8. The van der Waals surface area contributed by atoms with E-state index in [9.17, 15) is 14.7 Å². The molecule has 0 aromatic carbocycles. The molecule has 2 rings (SSSR count). The molecule has 0 unspecified atom stereocenters. The zero-order valence-electron chi connectivity index (χ0n) is 11.8. The lowest BCUT2D eigenvalue weighted by Crippen LogP contribution is -2.48. The molecular formula is C14H19N3O4. The van der Waals surface area contributed by atoms with Gasteiger partial charge in [-0.2, -0.15) is 0 Å². The van der Waals surface area contributed by atoms with E-state index in [0.29, 0.717) is 13.1 Å². The fourth-order valence-corrected chi connectivity index (χ4v) is 2.44. The van der Waals surface area contributed by atoms with Gasteiger partial charge in [0.1, 0.15) is 6.04 Å². The SMILES string of the molecule is CCN(Cc1ccccn1)C(=O)N1C[C@@H](O)C[C@H]1C(=O)O. The first-order valence-electron chi connectivity index (χ1n) is 6.89. The summed E-state index contributed by atoms with van der Waals surface area (Å²) in [6.45, 7) is 2.63. The van der Waals surface area contributed by atoms with Crippen molar-refractivity contribution < 1.29 is 19.8 Å². The van der Waals surface area contributed by atoms with Crippen molar-refractivity contribution in [1.82, 2.24) is 14.8 Å². The first kappa shape index (κ1) is 15.2. The van der Waals surface area contributed by atoms with Crippen LogP contribution in [0.3, 0.4) is 0 Å². The largest absolute Gasteiger partial charge is 0.480 e. The maximum absolute atomic E-state index is 12.5. The summed E-state index contributed by atoms with van der Waals surface area (Å²) in [4.78, 5) is 30.6. The molecule has 2 amide bonds. The van der Waals surface area contributed by atoms with Crippen LogP contribution in [0.15, 0.2) is 24.4 Å². The standard InChI is InChI=1S/C14H19N3O4/c1-2-16(8-10-5-3-4-6-15-10)14(21)17-9-11(18)7-12(17)13(19)20/h3-6,11-12,18H,2,7-9H2,1H3,(H,19,20)/t11-,12-/m0/s1. The number of pyridine rings is 1. The number of urea groups is 1. The van der Waals surface area contributed by atoms with Crippen LogP contribution in [0, 0.1) is 0 Å². The Hall–Kier alpha value is -2.15. The number of aliphatic carboxylic acids is 1. The van der Waals surface area contributed by atoms with Crippen molar-refractivity contribution in [3.8, 4) is 0 Å². The van der Waals surface area contributed by atoms with Crippen LogP contribution in [0.4, 0.5) is 4.79 Å². The average molecular weight is 293 g/mol. The van der Waals surface area contributed by atoms with Gasteiger partial charge in [-0.1, -0.05) is 6.07 Å². The van der Waals surface area contributed by atoms with Crippen molar-refractivity contribution in [3.05, 3.63) is 30.1 Å². The van der Waals surface area contributed by atoms with Gasteiger partial charge in [0.15, 0.2) is 0 Å². The summed E-state index contributed by atoms with van der Waals surface area (Å²) in [6.07, 6.45) is 0.929. The van der Waals surface area contributed by atoms with Gasteiger partial charge in [-0.3, -0.25) is 4.98 Å². The highest BCUT2D eigenvalue weighted by molar-refractivity contribution is 5.83. The number of carbonyl (C=O) groups excluding carboxylic acids is 1. The zero-order chi connectivity index (χ0) is 15.4. The average Bonchev–Trinajstić information content (AvgIpc) is 2.87. The van der Waals surface area contributed by atoms with E-state index >= 15 is 0 Å². The number of rotatable bonds is 4. The van der Waals surface area contributed by atoms with Crippen LogP contribution in [-0.4, -0.2) is 62.2 Å². The van der Waals surface area contributed by atoms with E-state index in [1.165, 1.54) is 9.80 Å². The second-order valence-electron chi connectivity index (χ2n) is 5.01. The smallest absolute Gasteiger partial charge is 0.326 e. The van der Waals surface area contributed by atoms with Crippen LogP contribution in [0.25, 0.3) is 0 Å². The monoisotopic (exact) mass is 293 g/mol. The quantitative estimate of drug-likeness (QED) is 0.845. The van der Waals surface area contributed by atoms with Gasteiger partial charge in [-0.15, -0.1) is 0 Å². The second-order valence-corrected chi connectivity index (χ2v) is 5.01. The van der Waals surface area contributed by atoms with Crippen molar-refractivity contribution in [1.29, 1.82) is 0 Å². The molecule has 1 saturated heterocycles. The Morgan fingerprint density at radius 2 is 2.24 bits per heavy atom. The number of hydrogen-bond donors (Lipinski definition) is 2. The van der Waals surface area contributed by atoms with Crippen molar-refractivity contribution in [2.24, 2.45) is 0 Å². The normalized spacial score (nSPS) is 21.3. The number of aliphatic hydroxyl groups excluding tert-OH is 1. The number of β-amino-alcohol motifs (C(OH)–C–C–N with tert-alkyl or cyclic N) is 1. The van der Waals surface area contributed by atoms with Crippen molar-refractivity contribution >= 4 is 12.0 Å². The van der Waals surface area contributed by atoms with Gasteiger partial charge in [-0.05, 0) is 19.1 Å². The lowest BCUT2D eigenvalue weighted by molar-refractivity contribution is -0.141. The number of aromatic nitrogens is 1. The molecule has 1 aliphatic rings. The molecule has 0 bridgehead atoms. The Bertz CT molecular complexity index is 508. The number of hydrogen-bond acceptors (Lipinski definition) is 4. The molecule has 0 radical (unpaired) electrons. The van der Waals surface area contributed by atoms with Gasteiger partial charge in [-0.25, -0.2) is 9.59 Å². The summed E-state index contributed by atoms with van der Waals surface area (Å²) in [7, 11) is 0. The van der Waals surface area contributed by atoms with Crippen molar-refractivity contribution in [2.45, 2.75) is 32.0 Å². The first-order valence-corrected chi connectivity index (χ1v) is 6.89. The van der Waals surface area contributed by atoms with Crippen LogP contribution < -0.4 is 0 Å². The van der Waals surface area contributed by atoms with Crippen molar-refractivity contribution in [2.75, 3.05) is 13.1 Å². The molecular weight excluding hydrogens is 274 g/mol. The third kappa shape index (κ3) is 3.49. The molecule has 2 heterocycles. The van der Waals surface area contributed by atoms with Gasteiger partial charge in [0, 0.05) is 25.7 Å². The summed E-state index contributed by atoms with van der Waals surface area (Å²) >= 11 is 0. The molecule has 2 N–H and O–H groups in total. The molecule has 114 valence electrons. The number of nitrogens with zero attached hydrogens (tertiary/aromatic N) is 3.